The van der Waals surface area contributed by atoms with Gasteiger partial charge in [0, 0.05) is 12.4 Å². The Kier molecular flexibility index (Phi) is 3.07. The first kappa shape index (κ1) is 12.9. The molecule has 22 heavy (non-hydrogen) atoms. The molecule has 3 aromatic rings. The van der Waals surface area contributed by atoms with Crippen molar-refractivity contribution >= 4 is 23.1 Å². The van der Waals surface area contributed by atoms with Gasteiger partial charge >= 0.3 is 0 Å². The van der Waals surface area contributed by atoms with Gasteiger partial charge < -0.3 is 4.98 Å². The van der Waals surface area contributed by atoms with Gasteiger partial charge in [0.2, 0.25) is 0 Å². The fraction of sp³-hybridized carbons (Fsp3) is 0.250. The minimum atomic E-state index is -0.153. The summed E-state index contributed by atoms with van der Waals surface area (Å²) >= 11 is 0. The zero-order valence-corrected chi connectivity index (χ0v) is 11.9. The summed E-state index contributed by atoms with van der Waals surface area (Å²) in [6, 6.07) is 4.14. The Hall–Kier alpha value is -2.76. The summed E-state index contributed by atoms with van der Waals surface area (Å²) in [6.07, 6.45) is 12.4. The lowest BCUT2D eigenvalue weighted by atomic mass is 9.93. The third kappa shape index (κ3) is 2.22. The summed E-state index contributed by atoms with van der Waals surface area (Å²) in [6.45, 7) is 0. The first-order chi connectivity index (χ1) is 10.8. The van der Waals surface area contributed by atoms with Crippen molar-refractivity contribution in [2.24, 2.45) is 0 Å². The SMILES string of the molecule is O=c1[nH]c(/C=C/c2ccnn2C2CCC2)nc2cnccc12. The number of nitrogens with one attached hydrogen (secondary N) is 1. The Balaban J connectivity index is 1.68. The van der Waals surface area contributed by atoms with E-state index in [0.29, 0.717) is 22.8 Å². The Labute approximate surface area is 126 Å². The molecule has 1 aliphatic rings. The van der Waals surface area contributed by atoms with E-state index in [1.807, 2.05) is 16.8 Å². The van der Waals surface area contributed by atoms with E-state index in [9.17, 15) is 4.79 Å². The maximum atomic E-state index is 12.0. The van der Waals surface area contributed by atoms with Gasteiger partial charge in [-0.2, -0.15) is 5.10 Å². The molecule has 6 nitrogen and oxygen atoms in total. The van der Waals surface area contributed by atoms with Crippen LogP contribution in [-0.2, 0) is 0 Å². The third-order valence-corrected chi connectivity index (χ3v) is 4.06. The molecule has 0 saturated heterocycles. The summed E-state index contributed by atoms with van der Waals surface area (Å²) in [5.41, 5.74) is 1.47. The molecule has 3 aromatic heterocycles. The number of rotatable bonds is 3. The van der Waals surface area contributed by atoms with Crippen LogP contribution in [-0.4, -0.2) is 24.7 Å². The van der Waals surface area contributed by atoms with Crippen molar-refractivity contribution in [3.05, 3.63) is 52.6 Å². The van der Waals surface area contributed by atoms with Gasteiger partial charge in [0.15, 0.2) is 0 Å². The molecule has 0 aromatic carbocycles. The second kappa shape index (κ2) is 5.22. The van der Waals surface area contributed by atoms with E-state index < -0.39 is 0 Å². The van der Waals surface area contributed by atoms with Gasteiger partial charge in [0.05, 0.1) is 28.8 Å². The van der Waals surface area contributed by atoms with E-state index in [0.717, 1.165) is 5.69 Å². The third-order valence-electron chi connectivity index (χ3n) is 4.06. The molecule has 0 atom stereocenters. The molecular weight excluding hydrogens is 278 g/mol. The predicted molar refractivity (Wildman–Crippen MR) is 84.2 cm³/mol. The van der Waals surface area contributed by atoms with Crippen molar-refractivity contribution < 1.29 is 0 Å². The van der Waals surface area contributed by atoms with Gasteiger partial charge in [-0.05, 0) is 43.5 Å². The van der Waals surface area contributed by atoms with Crippen LogP contribution in [0.5, 0.6) is 0 Å². The summed E-state index contributed by atoms with van der Waals surface area (Å²) < 4.78 is 2.04. The molecular formula is C16H15N5O. The molecule has 6 heteroatoms. The van der Waals surface area contributed by atoms with Crippen LogP contribution < -0.4 is 5.56 Å². The normalized spacial score (nSPS) is 15.5. The molecule has 0 unspecified atom stereocenters. The number of hydrogen-bond donors (Lipinski definition) is 1. The van der Waals surface area contributed by atoms with Gasteiger partial charge in [-0.1, -0.05) is 0 Å². The Morgan fingerprint density at radius 3 is 2.95 bits per heavy atom. The highest BCUT2D eigenvalue weighted by Gasteiger charge is 2.21. The van der Waals surface area contributed by atoms with Gasteiger partial charge in [-0.15, -0.1) is 0 Å². The van der Waals surface area contributed by atoms with Gasteiger partial charge in [-0.25, -0.2) is 4.98 Å². The lowest BCUT2D eigenvalue weighted by Crippen LogP contribution is -2.19. The number of aromatic nitrogens is 5. The number of nitrogens with zero attached hydrogens (tertiary/aromatic N) is 4. The van der Waals surface area contributed by atoms with Gasteiger partial charge in [0.25, 0.3) is 5.56 Å². The molecule has 0 bridgehead atoms. The van der Waals surface area contributed by atoms with Crippen LogP contribution in [0.1, 0.15) is 36.8 Å². The number of aromatic amines is 1. The van der Waals surface area contributed by atoms with Crippen LogP contribution in [0.15, 0.2) is 35.5 Å². The molecule has 3 heterocycles. The molecule has 0 radical (unpaired) electrons. The maximum Gasteiger partial charge on any atom is 0.259 e. The van der Waals surface area contributed by atoms with Crippen LogP contribution in [0.25, 0.3) is 23.1 Å². The number of fused-ring (bicyclic) bond motifs is 1. The van der Waals surface area contributed by atoms with Crippen LogP contribution in [0.3, 0.4) is 0 Å². The Morgan fingerprint density at radius 2 is 2.14 bits per heavy atom. The lowest BCUT2D eigenvalue weighted by molar-refractivity contribution is 0.288. The lowest BCUT2D eigenvalue weighted by Gasteiger charge is -2.26. The first-order valence-corrected chi connectivity index (χ1v) is 7.37. The van der Waals surface area contributed by atoms with E-state index in [1.165, 1.54) is 19.3 Å². The van der Waals surface area contributed by atoms with E-state index in [1.54, 1.807) is 30.7 Å². The highest BCUT2D eigenvalue weighted by atomic mass is 16.1. The molecule has 0 amide bonds. The summed E-state index contributed by atoms with van der Waals surface area (Å²) in [4.78, 5) is 23.2. The molecule has 1 N–H and O–H groups in total. The van der Waals surface area contributed by atoms with Crippen LogP contribution in [0.4, 0.5) is 0 Å². The van der Waals surface area contributed by atoms with Crippen molar-refractivity contribution in [1.29, 1.82) is 0 Å². The molecule has 1 fully saturated rings. The van der Waals surface area contributed by atoms with Crippen molar-refractivity contribution in [2.45, 2.75) is 25.3 Å². The van der Waals surface area contributed by atoms with E-state index in [-0.39, 0.29) is 5.56 Å². The summed E-state index contributed by atoms with van der Waals surface area (Å²) in [7, 11) is 0. The maximum absolute atomic E-state index is 12.0. The molecule has 0 aliphatic heterocycles. The highest BCUT2D eigenvalue weighted by molar-refractivity contribution is 5.77. The van der Waals surface area contributed by atoms with Crippen LogP contribution in [0.2, 0.25) is 0 Å². The quantitative estimate of drug-likeness (QED) is 0.804. The van der Waals surface area contributed by atoms with E-state index >= 15 is 0 Å². The second-order valence-corrected chi connectivity index (χ2v) is 5.46. The first-order valence-electron chi connectivity index (χ1n) is 7.37. The second-order valence-electron chi connectivity index (χ2n) is 5.46. The van der Waals surface area contributed by atoms with Crippen molar-refractivity contribution in [2.75, 3.05) is 0 Å². The average Bonchev–Trinajstić information content (AvgIpc) is 2.91. The molecule has 0 spiro atoms. The summed E-state index contributed by atoms with van der Waals surface area (Å²) in [5, 5.41) is 4.93. The minimum Gasteiger partial charge on any atom is -0.306 e. The standard InChI is InChI=1S/C16H15N5O/c22-16-13-7-8-17-10-14(13)19-15(20-16)5-4-12-6-9-18-21(12)11-2-1-3-11/h4-11H,1-3H2,(H,19,20,22)/b5-4+. The van der Waals surface area contributed by atoms with Crippen LogP contribution in [0, 0.1) is 0 Å². The molecule has 4 rings (SSSR count). The van der Waals surface area contributed by atoms with Gasteiger partial charge in [-0.3, -0.25) is 14.5 Å². The smallest absolute Gasteiger partial charge is 0.259 e. The molecule has 1 aliphatic carbocycles. The predicted octanol–water partition coefficient (Wildman–Crippen LogP) is 2.41. The largest absolute Gasteiger partial charge is 0.306 e. The Morgan fingerprint density at radius 1 is 1.23 bits per heavy atom. The molecule has 1 saturated carbocycles. The van der Waals surface area contributed by atoms with Gasteiger partial charge in [0.1, 0.15) is 5.82 Å². The van der Waals surface area contributed by atoms with Crippen molar-refractivity contribution in [3.8, 4) is 0 Å². The van der Waals surface area contributed by atoms with Crippen molar-refractivity contribution in [1.82, 2.24) is 24.7 Å². The number of H-pyrrole nitrogens is 1. The molecule has 110 valence electrons. The highest BCUT2D eigenvalue weighted by Crippen LogP contribution is 2.32. The number of hydrogen-bond acceptors (Lipinski definition) is 4. The minimum absolute atomic E-state index is 0.153. The van der Waals surface area contributed by atoms with E-state index in [4.69, 9.17) is 0 Å². The zero-order chi connectivity index (χ0) is 14.9. The zero-order valence-electron chi connectivity index (χ0n) is 11.9. The average molecular weight is 293 g/mol. The van der Waals surface area contributed by atoms with Crippen molar-refractivity contribution in [3.63, 3.8) is 0 Å². The topological polar surface area (TPSA) is 76.5 Å². The summed E-state index contributed by atoms with van der Waals surface area (Å²) in [5.74, 6) is 0.520. The number of pyridine rings is 1. The van der Waals surface area contributed by atoms with E-state index in [2.05, 4.69) is 20.1 Å². The monoisotopic (exact) mass is 293 g/mol. The fourth-order valence-corrected chi connectivity index (χ4v) is 2.64. The fourth-order valence-electron chi connectivity index (χ4n) is 2.64. The van der Waals surface area contributed by atoms with Crippen LogP contribution >= 0.6 is 0 Å². The Bertz CT molecular complexity index is 904.